The van der Waals surface area contributed by atoms with Crippen molar-refractivity contribution < 1.29 is 9.18 Å². The summed E-state index contributed by atoms with van der Waals surface area (Å²) in [6, 6.07) is 3.92. The average Bonchev–Trinajstić information content (AvgIpc) is 2.62. The predicted molar refractivity (Wildman–Crippen MR) is 63.2 cm³/mol. The monoisotopic (exact) mass is 298 g/mol. The number of aryl methyl sites for hydroxylation is 1. The highest BCUT2D eigenvalue weighted by molar-refractivity contribution is 9.10. The average molecular weight is 299 g/mol. The Morgan fingerprint density at radius 1 is 1.47 bits per heavy atom. The fraction of sp³-hybridized carbons (Fsp3) is 0.100. The van der Waals surface area contributed by atoms with Crippen molar-refractivity contribution in [1.29, 1.82) is 0 Å². The molecule has 17 heavy (non-hydrogen) atoms. The summed E-state index contributed by atoms with van der Waals surface area (Å²) in [6.07, 6.45) is 0. The van der Waals surface area contributed by atoms with Gasteiger partial charge >= 0.3 is 0 Å². The Hall–Kier alpha value is -1.76. The molecular weight excluding hydrogens is 291 g/mol. The molecule has 7 heteroatoms. The second-order valence-electron chi connectivity index (χ2n) is 3.36. The van der Waals surface area contributed by atoms with Gasteiger partial charge in [-0.05, 0) is 25.1 Å². The number of hydrogen-bond donors (Lipinski definition) is 2. The zero-order chi connectivity index (χ0) is 12.4. The van der Waals surface area contributed by atoms with E-state index in [0.717, 1.165) is 6.07 Å². The van der Waals surface area contributed by atoms with E-state index in [4.69, 9.17) is 0 Å². The lowest BCUT2D eigenvalue weighted by Crippen LogP contribution is -2.13. The molecule has 0 spiro atoms. The molecule has 0 fully saturated rings. The van der Waals surface area contributed by atoms with Gasteiger partial charge in [-0.3, -0.25) is 15.2 Å². The SMILES string of the molecule is Cc1nc(NC(=O)c2cc(F)cc(Br)c2)n[nH]1. The Kier molecular flexibility index (Phi) is 3.19. The van der Waals surface area contributed by atoms with Crippen molar-refractivity contribution in [3.63, 3.8) is 0 Å². The van der Waals surface area contributed by atoms with Crippen LogP contribution in [0.25, 0.3) is 0 Å². The van der Waals surface area contributed by atoms with Gasteiger partial charge in [0.15, 0.2) is 0 Å². The first-order chi connectivity index (χ1) is 8.04. The van der Waals surface area contributed by atoms with E-state index in [1.54, 1.807) is 6.92 Å². The predicted octanol–water partition coefficient (Wildman–Crippen LogP) is 2.27. The summed E-state index contributed by atoms with van der Waals surface area (Å²) in [6.45, 7) is 1.71. The van der Waals surface area contributed by atoms with Gasteiger partial charge in [0.2, 0.25) is 5.95 Å². The maximum absolute atomic E-state index is 13.1. The number of hydrogen-bond acceptors (Lipinski definition) is 3. The summed E-state index contributed by atoms with van der Waals surface area (Å²) >= 11 is 3.11. The molecule has 0 unspecified atom stereocenters. The fourth-order valence-corrected chi connectivity index (χ4v) is 1.72. The number of carbonyl (C=O) groups is 1. The van der Waals surface area contributed by atoms with E-state index >= 15 is 0 Å². The molecule has 2 N–H and O–H groups in total. The molecule has 1 amide bonds. The number of nitrogens with one attached hydrogen (secondary N) is 2. The van der Waals surface area contributed by atoms with Gasteiger partial charge in [-0.2, -0.15) is 4.98 Å². The van der Waals surface area contributed by atoms with E-state index in [0.29, 0.717) is 10.3 Å². The van der Waals surface area contributed by atoms with Gasteiger partial charge in [-0.15, -0.1) is 5.10 Å². The third kappa shape index (κ3) is 2.88. The minimum atomic E-state index is -0.490. The molecule has 0 saturated carbocycles. The van der Waals surface area contributed by atoms with Crippen molar-refractivity contribution in [2.24, 2.45) is 0 Å². The lowest BCUT2D eigenvalue weighted by Gasteiger charge is -2.01. The van der Waals surface area contributed by atoms with Gasteiger partial charge in [0.1, 0.15) is 11.6 Å². The van der Waals surface area contributed by atoms with Gasteiger partial charge in [0.05, 0.1) is 0 Å². The fourth-order valence-electron chi connectivity index (χ4n) is 1.26. The van der Waals surface area contributed by atoms with Gasteiger partial charge in [0, 0.05) is 10.0 Å². The number of rotatable bonds is 2. The van der Waals surface area contributed by atoms with Crippen LogP contribution in [0.4, 0.5) is 10.3 Å². The second kappa shape index (κ2) is 4.62. The summed E-state index contributed by atoms with van der Waals surface area (Å²) < 4.78 is 13.6. The maximum atomic E-state index is 13.1. The first-order valence-corrected chi connectivity index (χ1v) is 5.50. The summed E-state index contributed by atoms with van der Waals surface area (Å²) in [5.41, 5.74) is 0.194. The maximum Gasteiger partial charge on any atom is 0.258 e. The Morgan fingerprint density at radius 2 is 2.24 bits per heavy atom. The normalized spacial score (nSPS) is 10.3. The zero-order valence-corrected chi connectivity index (χ0v) is 10.4. The van der Waals surface area contributed by atoms with E-state index in [1.807, 2.05) is 0 Å². The highest BCUT2D eigenvalue weighted by Crippen LogP contribution is 2.15. The number of nitrogens with zero attached hydrogens (tertiary/aromatic N) is 2. The van der Waals surface area contributed by atoms with Crippen LogP contribution in [-0.2, 0) is 0 Å². The van der Waals surface area contributed by atoms with Crippen LogP contribution < -0.4 is 5.32 Å². The van der Waals surface area contributed by atoms with Crippen LogP contribution in [0, 0.1) is 12.7 Å². The molecule has 88 valence electrons. The van der Waals surface area contributed by atoms with Crippen LogP contribution in [0.2, 0.25) is 0 Å². The second-order valence-corrected chi connectivity index (χ2v) is 4.27. The Balaban J connectivity index is 2.19. The van der Waals surface area contributed by atoms with Gasteiger partial charge < -0.3 is 0 Å². The van der Waals surface area contributed by atoms with Crippen LogP contribution in [0.5, 0.6) is 0 Å². The van der Waals surface area contributed by atoms with E-state index < -0.39 is 11.7 Å². The van der Waals surface area contributed by atoms with Crippen LogP contribution in [0.3, 0.4) is 0 Å². The number of halogens is 2. The first kappa shape index (κ1) is 11.7. The number of aromatic nitrogens is 3. The minimum absolute atomic E-state index is 0.160. The lowest BCUT2D eigenvalue weighted by atomic mass is 10.2. The summed E-state index contributed by atoms with van der Waals surface area (Å²) in [7, 11) is 0. The molecule has 0 atom stereocenters. The number of anilines is 1. The zero-order valence-electron chi connectivity index (χ0n) is 8.79. The number of H-pyrrole nitrogens is 1. The van der Waals surface area contributed by atoms with Crippen molar-refractivity contribution in [3.05, 3.63) is 39.9 Å². The summed E-state index contributed by atoms with van der Waals surface area (Å²) in [5.74, 6) is -0.214. The van der Waals surface area contributed by atoms with E-state index in [9.17, 15) is 9.18 Å². The quantitative estimate of drug-likeness (QED) is 0.893. The number of aromatic amines is 1. The molecule has 1 aromatic carbocycles. The van der Waals surface area contributed by atoms with E-state index in [-0.39, 0.29) is 11.5 Å². The van der Waals surface area contributed by atoms with Gasteiger partial charge in [-0.25, -0.2) is 4.39 Å². The smallest absolute Gasteiger partial charge is 0.258 e. The lowest BCUT2D eigenvalue weighted by molar-refractivity contribution is 0.102. The minimum Gasteiger partial charge on any atom is -0.289 e. The van der Waals surface area contributed by atoms with Crippen molar-refractivity contribution in [2.75, 3.05) is 5.32 Å². The Labute approximate surface area is 105 Å². The molecule has 0 saturated heterocycles. The standard InChI is InChI=1S/C10H8BrFN4O/c1-5-13-10(16-15-5)14-9(17)6-2-7(11)4-8(12)3-6/h2-4H,1H3,(H2,13,14,15,16,17). The molecule has 1 heterocycles. The van der Waals surface area contributed by atoms with Gasteiger partial charge in [-0.1, -0.05) is 15.9 Å². The number of benzene rings is 1. The summed E-state index contributed by atoms with van der Waals surface area (Å²) in [4.78, 5) is 15.7. The van der Waals surface area contributed by atoms with Crippen molar-refractivity contribution >= 4 is 27.8 Å². The molecule has 0 aliphatic heterocycles. The van der Waals surface area contributed by atoms with Crippen LogP contribution in [0.1, 0.15) is 16.2 Å². The van der Waals surface area contributed by atoms with Gasteiger partial charge in [0.25, 0.3) is 5.91 Å². The largest absolute Gasteiger partial charge is 0.289 e. The van der Waals surface area contributed by atoms with Crippen molar-refractivity contribution in [2.45, 2.75) is 6.92 Å². The molecule has 0 radical (unpaired) electrons. The third-order valence-corrected chi connectivity index (χ3v) is 2.41. The molecule has 0 aliphatic rings. The molecule has 2 aromatic rings. The number of carbonyl (C=O) groups excluding carboxylic acids is 1. The van der Waals surface area contributed by atoms with Crippen LogP contribution in [-0.4, -0.2) is 21.1 Å². The van der Waals surface area contributed by atoms with Crippen LogP contribution in [0.15, 0.2) is 22.7 Å². The molecular formula is C10H8BrFN4O. The Bertz CT molecular complexity index is 549. The third-order valence-electron chi connectivity index (χ3n) is 1.95. The Morgan fingerprint density at radius 3 is 2.82 bits per heavy atom. The topological polar surface area (TPSA) is 70.7 Å². The molecule has 0 aliphatic carbocycles. The molecule has 1 aromatic heterocycles. The molecule has 5 nitrogen and oxygen atoms in total. The van der Waals surface area contributed by atoms with Crippen LogP contribution >= 0.6 is 15.9 Å². The first-order valence-electron chi connectivity index (χ1n) is 4.71. The summed E-state index contributed by atoms with van der Waals surface area (Å²) in [5, 5.41) is 8.80. The van der Waals surface area contributed by atoms with Crippen molar-refractivity contribution in [1.82, 2.24) is 15.2 Å². The molecule has 2 rings (SSSR count). The number of amides is 1. The van der Waals surface area contributed by atoms with E-state index in [1.165, 1.54) is 12.1 Å². The highest BCUT2D eigenvalue weighted by Gasteiger charge is 2.10. The van der Waals surface area contributed by atoms with E-state index in [2.05, 4.69) is 36.4 Å². The highest BCUT2D eigenvalue weighted by atomic mass is 79.9. The molecule has 0 bridgehead atoms. The van der Waals surface area contributed by atoms with Crippen molar-refractivity contribution in [3.8, 4) is 0 Å².